The first kappa shape index (κ1) is 16.0. The van der Waals surface area contributed by atoms with Gasteiger partial charge in [-0.25, -0.2) is 0 Å². The standard InChI is InChI=1S/C17H26O2/c1-3-5-7-8-9-10-12-15-14(11-6-4-2)16(18)13-17(15)19/h10,12,14-15,17,19H,3,5,7-9,11,13H2,1-2H3/b12-10+/t14-,15-,17-/m1/s1. The minimum atomic E-state index is -0.511. The van der Waals surface area contributed by atoms with Crippen LogP contribution in [0.25, 0.3) is 0 Å². The van der Waals surface area contributed by atoms with Gasteiger partial charge in [0.25, 0.3) is 0 Å². The maximum Gasteiger partial charge on any atom is 0.140 e. The number of aliphatic hydroxyl groups excluding tert-OH is 1. The lowest BCUT2D eigenvalue weighted by Crippen LogP contribution is -2.18. The molecule has 0 amide bonds. The van der Waals surface area contributed by atoms with Crippen molar-refractivity contribution in [3.05, 3.63) is 12.2 Å². The molecule has 2 heteroatoms. The Kier molecular flexibility index (Phi) is 7.52. The van der Waals surface area contributed by atoms with Gasteiger partial charge in [-0.05, 0) is 19.8 Å². The zero-order valence-electron chi connectivity index (χ0n) is 12.2. The van der Waals surface area contributed by atoms with Crippen LogP contribution in [0.3, 0.4) is 0 Å². The fourth-order valence-electron chi connectivity index (χ4n) is 2.64. The summed E-state index contributed by atoms with van der Waals surface area (Å²) in [5.41, 5.74) is 0. The van der Waals surface area contributed by atoms with Gasteiger partial charge in [0.2, 0.25) is 0 Å². The van der Waals surface area contributed by atoms with Crippen molar-refractivity contribution in [2.45, 2.75) is 64.9 Å². The van der Waals surface area contributed by atoms with Crippen LogP contribution in [0, 0.1) is 23.7 Å². The molecule has 0 aliphatic heterocycles. The maximum absolute atomic E-state index is 11.8. The van der Waals surface area contributed by atoms with Crippen LogP contribution < -0.4 is 0 Å². The van der Waals surface area contributed by atoms with Gasteiger partial charge in [-0.15, -0.1) is 11.8 Å². The van der Waals surface area contributed by atoms with Crippen LogP contribution >= 0.6 is 0 Å². The van der Waals surface area contributed by atoms with Crippen LogP contribution in [0.5, 0.6) is 0 Å². The van der Waals surface area contributed by atoms with E-state index in [0.29, 0.717) is 12.8 Å². The van der Waals surface area contributed by atoms with E-state index in [1.807, 2.05) is 6.08 Å². The number of allylic oxidation sites excluding steroid dienone is 1. The molecule has 2 nitrogen and oxygen atoms in total. The van der Waals surface area contributed by atoms with Crippen LogP contribution in [0.2, 0.25) is 0 Å². The topological polar surface area (TPSA) is 37.3 Å². The average Bonchev–Trinajstić information content (AvgIpc) is 2.66. The second kappa shape index (κ2) is 8.93. The van der Waals surface area contributed by atoms with Crippen LogP contribution in [0.15, 0.2) is 12.2 Å². The Bertz CT molecular complexity index is 359. The van der Waals surface area contributed by atoms with Crippen LogP contribution in [0.4, 0.5) is 0 Å². The van der Waals surface area contributed by atoms with Crippen molar-refractivity contribution in [2.75, 3.05) is 0 Å². The number of hydrogen-bond donors (Lipinski definition) is 1. The van der Waals surface area contributed by atoms with Crippen molar-refractivity contribution in [3.63, 3.8) is 0 Å². The van der Waals surface area contributed by atoms with Gasteiger partial charge in [0.1, 0.15) is 5.78 Å². The Morgan fingerprint density at radius 2 is 2.16 bits per heavy atom. The summed E-state index contributed by atoms with van der Waals surface area (Å²) in [4.78, 5) is 11.8. The number of carbonyl (C=O) groups is 1. The molecular weight excluding hydrogens is 236 g/mol. The highest BCUT2D eigenvalue weighted by atomic mass is 16.3. The highest BCUT2D eigenvalue weighted by Crippen LogP contribution is 2.32. The molecule has 1 aliphatic rings. The number of hydrogen-bond acceptors (Lipinski definition) is 2. The maximum atomic E-state index is 11.8. The summed E-state index contributed by atoms with van der Waals surface area (Å²) in [5, 5.41) is 9.95. The molecule has 0 radical (unpaired) electrons. The van der Waals surface area contributed by atoms with Crippen molar-refractivity contribution in [1.82, 2.24) is 0 Å². The first-order chi connectivity index (χ1) is 9.20. The second-order valence-corrected chi connectivity index (χ2v) is 5.33. The molecule has 0 unspecified atom stereocenters. The summed E-state index contributed by atoms with van der Waals surface area (Å²) in [5.74, 6) is 5.84. The fraction of sp³-hybridized carbons (Fsp3) is 0.706. The third-order valence-electron chi connectivity index (χ3n) is 3.81. The summed E-state index contributed by atoms with van der Waals surface area (Å²) in [6, 6.07) is 0. The first-order valence-corrected chi connectivity index (χ1v) is 7.47. The van der Waals surface area contributed by atoms with Crippen molar-refractivity contribution in [3.8, 4) is 11.8 Å². The van der Waals surface area contributed by atoms with E-state index in [4.69, 9.17) is 0 Å². The Balaban J connectivity index is 2.45. The van der Waals surface area contributed by atoms with Gasteiger partial charge >= 0.3 is 0 Å². The van der Waals surface area contributed by atoms with Crippen LogP contribution in [-0.2, 0) is 4.79 Å². The van der Waals surface area contributed by atoms with E-state index in [1.165, 1.54) is 25.7 Å². The molecule has 0 saturated heterocycles. The molecule has 0 heterocycles. The lowest BCUT2D eigenvalue weighted by atomic mass is 9.91. The molecule has 0 spiro atoms. The van der Waals surface area contributed by atoms with E-state index >= 15 is 0 Å². The Morgan fingerprint density at radius 3 is 2.84 bits per heavy atom. The van der Waals surface area contributed by atoms with Gasteiger partial charge in [-0.3, -0.25) is 4.79 Å². The number of Topliss-reactive ketones (excluding diaryl/α,β-unsaturated/α-hetero) is 1. The smallest absolute Gasteiger partial charge is 0.140 e. The Hall–Kier alpha value is -1.07. The van der Waals surface area contributed by atoms with Crippen LogP contribution in [0.1, 0.15) is 58.8 Å². The summed E-state index contributed by atoms with van der Waals surface area (Å²) >= 11 is 0. The van der Waals surface area contributed by atoms with E-state index < -0.39 is 6.10 Å². The highest BCUT2D eigenvalue weighted by Gasteiger charge is 2.39. The molecule has 1 fully saturated rings. The molecule has 0 aromatic carbocycles. The van der Waals surface area contributed by atoms with E-state index in [-0.39, 0.29) is 17.6 Å². The van der Waals surface area contributed by atoms with Gasteiger partial charge in [0, 0.05) is 24.7 Å². The van der Waals surface area contributed by atoms with Gasteiger partial charge in [0.15, 0.2) is 0 Å². The lowest BCUT2D eigenvalue weighted by Gasteiger charge is -2.14. The molecule has 19 heavy (non-hydrogen) atoms. The Morgan fingerprint density at radius 1 is 1.37 bits per heavy atom. The van der Waals surface area contributed by atoms with E-state index in [2.05, 4.69) is 24.8 Å². The molecule has 3 atom stereocenters. The summed E-state index contributed by atoms with van der Waals surface area (Å²) in [7, 11) is 0. The monoisotopic (exact) mass is 262 g/mol. The summed E-state index contributed by atoms with van der Waals surface area (Å²) < 4.78 is 0. The van der Waals surface area contributed by atoms with Crippen molar-refractivity contribution < 1.29 is 9.90 Å². The number of carbonyl (C=O) groups excluding carboxylic acids is 1. The molecule has 0 aromatic rings. The molecule has 1 aliphatic carbocycles. The van der Waals surface area contributed by atoms with Crippen molar-refractivity contribution in [2.24, 2.45) is 11.8 Å². The quantitative estimate of drug-likeness (QED) is 0.433. The normalized spacial score (nSPS) is 26.7. The van der Waals surface area contributed by atoms with E-state index in [1.54, 1.807) is 6.92 Å². The highest BCUT2D eigenvalue weighted by molar-refractivity contribution is 5.85. The van der Waals surface area contributed by atoms with E-state index in [9.17, 15) is 9.90 Å². The molecule has 0 aromatic heterocycles. The summed E-state index contributed by atoms with van der Waals surface area (Å²) in [6.07, 6.45) is 10.6. The minimum absolute atomic E-state index is 0.0282. The van der Waals surface area contributed by atoms with Crippen molar-refractivity contribution >= 4 is 5.78 Å². The summed E-state index contributed by atoms with van der Waals surface area (Å²) in [6.45, 7) is 3.99. The molecule has 106 valence electrons. The third kappa shape index (κ3) is 5.20. The number of ketones is 1. The zero-order chi connectivity index (χ0) is 14.1. The predicted octanol–water partition coefficient (Wildman–Crippen LogP) is 3.49. The minimum Gasteiger partial charge on any atom is -0.392 e. The van der Waals surface area contributed by atoms with Gasteiger partial charge in [-0.2, -0.15) is 0 Å². The fourth-order valence-corrected chi connectivity index (χ4v) is 2.64. The largest absolute Gasteiger partial charge is 0.392 e. The third-order valence-corrected chi connectivity index (χ3v) is 3.81. The first-order valence-electron chi connectivity index (χ1n) is 7.47. The second-order valence-electron chi connectivity index (χ2n) is 5.33. The molecular formula is C17H26O2. The number of unbranched alkanes of at least 4 members (excludes halogenated alkanes) is 4. The number of rotatable bonds is 7. The SMILES string of the molecule is CC#CC[C@H]1C(=O)C[C@@H](O)[C@@H]1/C=C/CCCCCC. The number of aliphatic hydroxyl groups is 1. The van der Waals surface area contributed by atoms with Gasteiger partial charge in [-0.1, -0.05) is 38.3 Å². The molecule has 1 rings (SSSR count). The van der Waals surface area contributed by atoms with Gasteiger partial charge in [0.05, 0.1) is 6.10 Å². The molecule has 1 N–H and O–H groups in total. The molecule has 1 saturated carbocycles. The van der Waals surface area contributed by atoms with Crippen LogP contribution in [-0.4, -0.2) is 17.0 Å². The molecule has 0 bridgehead atoms. The lowest BCUT2D eigenvalue weighted by molar-refractivity contribution is -0.121. The van der Waals surface area contributed by atoms with Crippen molar-refractivity contribution in [1.29, 1.82) is 0 Å². The predicted molar refractivity (Wildman–Crippen MR) is 78.6 cm³/mol. The average molecular weight is 262 g/mol. The Labute approximate surface area is 117 Å². The van der Waals surface area contributed by atoms with Gasteiger partial charge < -0.3 is 5.11 Å². The zero-order valence-corrected chi connectivity index (χ0v) is 12.2. The van der Waals surface area contributed by atoms with E-state index in [0.717, 1.165) is 6.42 Å².